The molecule has 0 bridgehead atoms. The molecular formula is C22H20N4O4. The molecule has 0 aliphatic carbocycles. The molecule has 4 rings (SSSR count). The van der Waals surface area contributed by atoms with Gasteiger partial charge in [-0.2, -0.15) is 5.10 Å². The van der Waals surface area contributed by atoms with Gasteiger partial charge in [-0.3, -0.25) is 14.9 Å². The molecule has 1 aliphatic rings. The number of carbonyl (C=O) groups excluding carboxylic acids is 1. The predicted octanol–water partition coefficient (Wildman–Crippen LogP) is 3.35. The van der Waals surface area contributed by atoms with Gasteiger partial charge in [0.15, 0.2) is 0 Å². The van der Waals surface area contributed by atoms with Crippen molar-refractivity contribution in [1.82, 2.24) is 5.43 Å². The summed E-state index contributed by atoms with van der Waals surface area (Å²) in [6.45, 7) is 2.30. The number of hydrogen-bond donors (Lipinski definition) is 1. The lowest BCUT2D eigenvalue weighted by molar-refractivity contribution is -0.384. The van der Waals surface area contributed by atoms with E-state index >= 15 is 0 Å². The molecule has 0 atom stereocenters. The van der Waals surface area contributed by atoms with Crippen molar-refractivity contribution in [2.24, 2.45) is 5.10 Å². The molecule has 30 heavy (non-hydrogen) atoms. The van der Waals surface area contributed by atoms with E-state index in [9.17, 15) is 14.9 Å². The molecule has 3 aromatic rings. The summed E-state index contributed by atoms with van der Waals surface area (Å²) in [5.74, 6) is -0.345. The predicted molar refractivity (Wildman–Crippen MR) is 115 cm³/mol. The summed E-state index contributed by atoms with van der Waals surface area (Å²) in [6, 6.07) is 18.0. The summed E-state index contributed by atoms with van der Waals surface area (Å²) < 4.78 is 5.31. The molecular weight excluding hydrogens is 384 g/mol. The van der Waals surface area contributed by atoms with Crippen molar-refractivity contribution >= 4 is 34.3 Å². The molecule has 0 aromatic heterocycles. The van der Waals surface area contributed by atoms with Crippen molar-refractivity contribution in [2.75, 3.05) is 31.2 Å². The number of hydrogen-bond acceptors (Lipinski definition) is 6. The Morgan fingerprint density at radius 2 is 1.87 bits per heavy atom. The van der Waals surface area contributed by atoms with Crippen LogP contribution in [0.4, 0.5) is 11.4 Å². The minimum atomic E-state index is -0.406. The molecule has 152 valence electrons. The zero-order valence-electron chi connectivity index (χ0n) is 16.2. The second-order valence-corrected chi connectivity index (χ2v) is 6.83. The number of amides is 1. The lowest BCUT2D eigenvalue weighted by atomic mass is 10.0. The van der Waals surface area contributed by atoms with Crippen LogP contribution in [0.2, 0.25) is 0 Å². The van der Waals surface area contributed by atoms with Crippen molar-refractivity contribution < 1.29 is 14.5 Å². The Morgan fingerprint density at radius 3 is 2.67 bits per heavy atom. The van der Waals surface area contributed by atoms with Crippen LogP contribution in [0.25, 0.3) is 10.8 Å². The Labute approximate surface area is 172 Å². The number of anilines is 1. The Bertz CT molecular complexity index is 1120. The summed E-state index contributed by atoms with van der Waals surface area (Å²) in [7, 11) is 0. The smallest absolute Gasteiger partial charge is 0.293 e. The van der Waals surface area contributed by atoms with E-state index in [-0.39, 0.29) is 11.6 Å². The minimum absolute atomic E-state index is 0.00114. The van der Waals surface area contributed by atoms with E-state index in [0.717, 1.165) is 10.8 Å². The first-order valence-corrected chi connectivity index (χ1v) is 9.56. The van der Waals surface area contributed by atoms with Gasteiger partial charge in [-0.1, -0.05) is 42.5 Å². The number of ether oxygens (including phenoxy) is 1. The lowest BCUT2D eigenvalue weighted by Crippen LogP contribution is -2.36. The number of nitrogens with zero attached hydrogens (tertiary/aromatic N) is 3. The molecule has 1 aliphatic heterocycles. The van der Waals surface area contributed by atoms with Crippen molar-refractivity contribution in [3.8, 4) is 0 Å². The molecule has 3 aromatic carbocycles. The van der Waals surface area contributed by atoms with E-state index < -0.39 is 4.92 Å². The zero-order chi connectivity index (χ0) is 20.9. The van der Waals surface area contributed by atoms with E-state index in [2.05, 4.69) is 10.5 Å². The molecule has 1 fully saturated rings. The molecule has 0 saturated carbocycles. The van der Waals surface area contributed by atoms with Gasteiger partial charge in [-0.25, -0.2) is 5.43 Å². The van der Waals surface area contributed by atoms with Gasteiger partial charge >= 0.3 is 0 Å². The van der Waals surface area contributed by atoms with Crippen LogP contribution in [-0.4, -0.2) is 43.3 Å². The molecule has 0 unspecified atom stereocenters. The van der Waals surface area contributed by atoms with Crippen LogP contribution >= 0.6 is 0 Å². The quantitative estimate of drug-likeness (QED) is 0.400. The first-order valence-electron chi connectivity index (χ1n) is 9.56. The third-order valence-corrected chi connectivity index (χ3v) is 4.96. The summed E-state index contributed by atoms with van der Waals surface area (Å²) in [5.41, 5.74) is 4.09. The number of carbonyl (C=O) groups is 1. The minimum Gasteiger partial charge on any atom is -0.378 e. The topological polar surface area (TPSA) is 97.1 Å². The summed E-state index contributed by atoms with van der Waals surface area (Å²) in [5, 5.41) is 17.3. The van der Waals surface area contributed by atoms with Crippen LogP contribution in [0, 0.1) is 10.1 Å². The standard InChI is InChI=1S/C22H20N4O4/c27-22(19-7-3-5-17-4-1-2-6-18(17)19)24-23-15-16-8-9-20(21(14-16)26(28)29)25-10-12-30-13-11-25/h1-9,14-15H,10-13H2,(H,24,27)/b23-15-. The normalized spacial score (nSPS) is 14.2. The van der Waals surface area contributed by atoms with E-state index in [4.69, 9.17) is 4.74 Å². The molecule has 8 nitrogen and oxygen atoms in total. The van der Waals surface area contributed by atoms with Crippen molar-refractivity contribution in [2.45, 2.75) is 0 Å². The zero-order valence-corrected chi connectivity index (χ0v) is 16.2. The van der Waals surface area contributed by atoms with Gasteiger partial charge < -0.3 is 9.64 Å². The summed E-state index contributed by atoms with van der Waals surface area (Å²) in [4.78, 5) is 25.6. The van der Waals surface area contributed by atoms with Crippen LogP contribution in [0.3, 0.4) is 0 Å². The summed E-state index contributed by atoms with van der Waals surface area (Å²) in [6.07, 6.45) is 1.40. The number of nitro benzene ring substituents is 1. The van der Waals surface area contributed by atoms with Crippen LogP contribution in [0.15, 0.2) is 65.8 Å². The third-order valence-electron chi connectivity index (χ3n) is 4.96. The number of nitro groups is 1. The Morgan fingerprint density at radius 1 is 1.10 bits per heavy atom. The van der Waals surface area contributed by atoms with Gasteiger partial charge in [0.05, 0.1) is 24.4 Å². The van der Waals surface area contributed by atoms with Crippen LogP contribution in [-0.2, 0) is 4.74 Å². The maximum absolute atomic E-state index is 12.5. The van der Waals surface area contributed by atoms with Crippen LogP contribution in [0.5, 0.6) is 0 Å². The SMILES string of the molecule is O=C(N/N=C\c1ccc(N2CCOCC2)c([N+](=O)[O-])c1)c1cccc2ccccc12. The molecule has 1 heterocycles. The number of hydrazone groups is 1. The molecule has 1 N–H and O–H groups in total. The van der Waals surface area contributed by atoms with Gasteiger partial charge in [0.2, 0.25) is 0 Å². The Kier molecular flexibility index (Phi) is 5.67. The van der Waals surface area contributed by atoms with E-state index in [0.29, 0.717) is 43.1 Å². The molecule has 1 saturated heterocycles. The monoisotopic (exact) mass is 404 g/mol. The third kappa shape index (κ3) is 4.13. The number of morpholine rings is 1. The molecule has 8 heteroatoms. The highest BCUT2D eigenvalue weighted by atomic mass is 16.6. The van der Waals surface area contributed by atoms with Gasteiger partial charge in [-0.05, 0) is 22.9 Å². The van der Waals surface area contributed by atoms with Crippen LogP contribution in [0.1, 0.15) is 15.9 Å². The van der Waals surface area contributed by atoms with Gasteiger partial charge in [-0.15, -0.1) is 0 Å². The average Bonchev–Trinajstić information content (AvgIpc) is 2.79. The highest BCUT2D eigenvalue weighted by Gasteiger charge is 2.21. The van der Waals surface area contributed by atoms with Gasteiger partial charge in [0.1, 0.15) is 5.69 Å². The second kappa shape index (κ2) is 8.71. The number of rotatable bonds is 5. The van der Waals surface area contributed by atoms with E-state index in [1.54, 1.807) is 18.2 Å². The number of fused-ring (bicyclic) bond motifs is 1. The first kappa shape index (κ1) is 19.5. The van der Waals surface area contributed by atoms with Crippen molar-refractivity contribution in [3.05, 3.63) is 81.9 Å². The molecule has 1 amide bonds. The first-order chi connectivity index (χ1) is 14.6. The average molecular weight is 404 g/mol. The largest absolute Gasteiger partial charge is 0.378 e. The Balaban J connectivity index is 1.51. The molecule has 0 spiro atoms. The van der Waals surface area contributed by atoms with E-state index in [1.165, 1.54) is 12.3 Å². The Hall–Kier alpha value is -3.78. The van der Waals surface area contributed by atoms with Gasteiger partial charge in [0.25, 0.3) is 11.6 Å². The highest BCUT2D eigenvalue weighted by Crippen LogP contribution is 2.29. The summed E-state index contributed by atoms with van der Waals surface area (Å²) >= 11 is 0. The number of benzene rings is 3. The molecule has 0 radical (unpaired) electrons. The fourth-order valence-corrected chi connectivity index (χ4v) is 3.49. The van der Waals surface area contributed by atoms with Gasteiger partial charge in [0, 0.05) is 30.3 Å². The highest BCUT2D eigenvalue weighted by molar-refractivity contribution is 6.07. The number of nitrogens with one attached hydrogen (secondary N) is 1. The lowest BCUT2D eigenvalue weighted by Gasteiger charge is -2.28. The maximum Gasteiger partial charge on any atom is 0.293 e. The maximum atomic E-state index is 12.5. The van der Waals surface area contributed by atoms with Crippen LogP contribution < -0.4 is 10.3 Å². The fourth-order valence-electron chi connectivity index (χ4n) is 3.49. The van der Waals surface area contributed by atoms with Crippen molar-refractivity contribution in [3.63, 3.8) is 0 Å². The van der Waals surface area contributed by atoms with E-state index in [1.807, 2.05) is 41.3 Å². The fraction of sp³-hybridized carbons (Fsp3) is 0.182. The van der Waals surface area contributed by atoms with Crippen molar-refractivity contribution in [1.29, 1.82) is 0 Å². The second-order valence-electron chi connectivity index (χ2n) is 6.83.